The van der Waals surface area contributed by atoms with Gasteiger partial charge in [0.05, 0.1) is 5.56 Å². The number of benzene rings is 1. The molecule has 8 heteroatoms. The minimum Gasteiger partial charge on any atom is -0.461 e. The summed E-state index contributed by atoms with van der Waals surface area (Å²) in [5.41, 5.74) is 13.0. The summed E-state index contributed by atoms with van der Waals surface area (Å²) in [5, 5.41) is 0. The van der Waals surface area contributed by atoms with Gasteiger partial charge in [0.25, 0.3) is 0 Å². The number of esters is 1. The van der Waals surface area contributed by atoms with E-state index in [0.29, 0.717) is 18.1 Å². The van der Waals surface area contributed by atoms with Gasteiger partial charge in [0.2, 0.25) is 11.9 Å². The van der Waals surface area contributed by atoms with E-state index in [-0.39, 0.29) is 11.9 Å². The van der Waals surface area contributed by atoms with Crippen LogP contribution in [0.4, 0.5) is 5.69 Å². The normalized spacial score (nSPS) is 18.5. The highest BCUT2D eigenvalue weighted by molar-refractivity contribution is 6.05. The number of aliphatic imine (C=N–C) groups is 2. The van der Waals surface area contributed by atoms with Crippen molar-refractivity contribution in [2.45, 2.75) is 51.6 Å². The summed E-state index contributed by atoms with van der Waals surface area (Å²) in [5.74, 6) is 0.252. The molecule has 4 N–H and O–H groups in total. The highest BCUT2D eigenvalue weighted by atomic mass is 16.5. The molecule has 3 rings (SSSR count). The number of rotatable bonds is 7. The van der Waals surface area contributed by atoms with Crippen LogP contribution in [0.1, 0.15) is 56.3 Å². The monoisotopic (exact) mass is 400 g/mol. The molecular formula is C21H32N6O2. The minimum absolute atomic E-state index is 0.231. The van der Waals surface area contributed by atoms with Crippen molar-refractivity contribution >= 4 is 23.6 Å². The first-order chi connectivity index (χ1) is 14.0. The third-order valence-corrected chi connectivity index (χ3v) is 5.75. The molecule has 0 unspecified atom stereocenters. The number of anilines is 1. The number of nitrogens with two attached hydrogens (primary N) is 2. The highest BCUT2D eigenvalue weighted by Gasteiger charge is 2.42. The molecular weight excluding hydrogens is 368 g/mol. The lowest BCUT2D eigenvalue weighted by Crippen LogP contribution is -2.58. The van der Waals surface area contributed by atoms with Crippen LogP contribution in [0, 0.1) is 0 Å². The minimum atomic E-state index is -0.486. The number of nitrogens with zero attached hydrogens (tertiary/aromatic N) is 4. The van der Waals surface area contributed by atoms with Gasteiger partial charge in [-0.2, -0.15) is 4.99 Å². The second-order valence-corrected chi connectivity index (χ2v) is 7.53. The second kappa shape index (κ2) is 9.26. The molecule has 1 saturated carbocycles. The second-order valence-electron chi connectivity index (χ2n) is 7.53. The lowest BCUT2D eigenvalue weighted by atomic mass is 9.87. The molecule has 0 bridgehead atoms. The Hall–Kier alpha value is -2.61. The molecule has 0 aromatic heterocycles. The Bertz CT molecular complexity index is 764. The first kappa shape index (κ1) is 21.1. The molecule has 0 atom stereocenters. The summed E-state index contributed by atoms with van der Waals surface area (Å²) >= 11 is 0. The average Bonchev–Trinajstić information content (AvgIpc) is 2.71. The van der Waals surface area contributed by atoms with E-state index in [1.165, 1.54) is 6.42 Å². The Labute approximate surface area is 172 Å². The Morgan fingerprint density at radius 1 is 1.14 bits per heavy atom. The molecule has 0 saturated heterocycles. The maximum absolute atomic E-state index is 12.4. The Morgan fingerprint density at radius 3 is 2.41 bits per heavy atom. The number of carbonyl (C=O) groups excluding carboxylic acids is 1. The molecule has 1 heterocycles. The molecule has 158 valence electrons. The SMILES string of the molecule is CCN(CC)CCOC(=O)c1ccc(N2C(N)=NC(N)=NC23CCCCC3)cc1. The van der Waals surface area contributed by atoms with E-state index < -0.39 is 5.66 Å². The van der Waals surface area contributed by atoms with Crippen LogP contribution < -0.4 is 16.4 Å². The molecule has 29 heavy (non-hydrogen) atoms. The van der Waals surface area contributed by atoms with Crippen molar-refractivity contribution in [3.63, 3.8) is 0 Å². The predicted octanol–water partition coefficient (Wildman–Crippen LogP) is 2.30. The topological polar surface area (TPSA) is 110 Å². The summed E-state index contributed by atoms with van der Waals surface area (Å²) in [4.78, 5) is 25.4. The van der Waals surface area contributed by atoms with E-state index in [1.807, 2.05) is 17.0 Å². The Morgan fingerprint density at radius 2 is 1.79 bits per heavy atom. The van der Waals surface area contributed by atoms with Crippen LogP contribution in [0.15, 0.2) is 34.3 Å². The van der Waals surface area contributed by atoms with Crippen LogP contribution in [0.3, 0.4) is 0 Å². The van der Waals surface area contributed by atoms with E-state index in [9.17, 15) is 4.79 Å². The highest BCUT2D eigenvalue weighted by Crippen LogP contribution is 2.39. The maximum Gasteiger partial charge on any atom is 0.338 e. The summed E-state index contributed by atoms with van der Waals surface area (Å²) in [6.45, 7) is 7.18. The van der Waals surface area contributed by atoms with E-state index in [4.69, 9.17) is 16.2 Å². The number of hydrogen-bond donors (Lipinski definition) is 2. The van der Waals surface area contributed by atoms with E-state index in [1.54, 1.807) is 12.1 Å². The molecule has 1 aliphatic heterocycles. The molecule has 1 aliphatic carbocycles. The number of hydrogen-bond acceptors (Lipinski definition) is 8. The molecule has 0 radical (unpaired) electrons. The van der Waals surface area contributed by atoms with Gasteiger partial charge in [0.1, 0.15) is 12.3 Å². The van der Waals surface area contributed by atoms with Crippen LogP contribution in [-0.2, 0) is 4.74 Å². The molecule has 1 spiro atoms. The fourth-order valence-corrected chi connectivity index (χ4v) is 4.13. The van der Waals surface area contributed by atoms with Gasteiger partial charge in [-0.1, -0.05) is 20.3 Å². The smallest absolute Gasteiger partial charge is 0.338 e. The van der Waals surface area contributed by atoms with Gasteiger partial charge < -0.3 is 21.1 Å². The number of ether oxygens (including phenoxy) is 1. The summed E-state index contributed by atoms with van der Waals surface area (Å²) in [7, 11) is 0. The maximum atomic E-state index is 12.4. The lowest BCUT2D eigenvalue weighted by Gasteiger charge is -2.45. The number of guanidine groups is 2. The van der Waals surface area contributed by atoms with Crippen molar-refractivity contribution in [1.82, 2.24) is 4.90 Å². The van der Waals surface area contributed by atoms with Crippen LogP contribution in [0.2, 0.25) is 0 Å². The van der Waals surface area contributed by atoms with E-state index >= 15 is 0 Å². The van der Waals surface area contributed by atoms with Gasteiger partial charge in [-0.05, 0) is 63.0 Å². The number of carbonyl (C=O) groups is 1. The van der Waals surface area contributed by atoms with Gasteiger partial charge in [0.15, 0.2) is 0 Å². The summed E-state index contributed by atoms with van der Waals surface area (Å²) in [6, 6.07) is 7.27. The quantitative estimate of drug-likeness (QED) is 0.680. The predicted molar refractivity (Wildman–Crippen MR) is 116 cm³/mol. The average molecular weight is 401 g/mol. The van der Waals surface area contributed by atoms with Crippen molar-refractivity contribution in [1.29, 1.82) is 0 Å². The largest absolute Gasteiger partial charge is 0.461 e. The van der Waals surface area contributed by atoms with Gasteiger partial charge in [-0.3, -0.25) is 4.90 Å². The standard InChI is InChI=1S/C21H32N6O2/c1-3-26(4-2)14-15-29-18(28)16-8-10-17(11-9-16)27-20(23)24-19(22)25-21(27)12-6-5-7-13-21/h8-11H,3-7,12-15H2,1-2H3,(H4,22,23,24,25). The van der Waals surface area contributed by atoms with Crippen LogP contribution in [-0.4, -0.2) is 54.7 Å². The molecule has 0 amide bonds. The summed E-state index contributed by atoms with van der Waals surface area (Å²) < 4.78 is 5.41. The van der Waals surface area contributed by atoms with Gasteiger partial charge in [-0.25, -0.2) is 9.79 Å². The first-order valence-corrected chi connectivity index (χ1v) is 10.5. The lowest BCUT2D eigenvalue weighted by molar-refractivity contribution is 0.0466. The Kier molecular flexibility index (Phi) is 6.74. The van der Waals surface area contributed by atoms with Crippen molar-refractivity contribution in [3.8, 4) is 0 Å². The zero-order valence-electron chi connectivity index (χ0n) is 17.4. The zero-order chi connectivity index (χ0) is 20.9. The van der Waals surface area contributed by atoms with Crippen molar-refractivity contribution < 1.29 is 9.53 Å². The molecule has 1 fully saturated rings. The third-order valence-electron chi connectivity index (χ3n) is 5.75. The van der Waals surface area contributed by atoms with Crippen molar-refractivity contribution in [3.05, 3.63) is 29.8 Å². The van der Waals surface area contributed by atoms with Crippen molar-refractivity contribution in [2.24, 2.45) is 21.5 Å². The van der Waals surface area contributed by atoms with Crippen LogP contribution >= 0.6 is 0 Å². The van der Waals surface area contributed by atoms with Gasteiger partial charge in [-0.15, -0.1) is 0 Å². The molecule has 1 aromatic carbocycles. The van der Waals surface area contributed by atoms with Gasteiger partial charge in [0, 0.05) is 12.2 Å². The fraction of sp³-hybridized carbons (Fsp3) is 0.571. The summed E-state index contributed by atoms with van der Waals surface area (Å²) in [6.07, 6.45) is 5.06. The van der Waals surface area contributed by atoms with Gasteiger partial charge >= 0.3 is 5.97 Å². The van der Waals surface area contributed by atoms with Crippen LogP contribution in [0.5, 0.6) is 0 Å². The van der Waals surface area contributed by atoms with E-state index in [2.05, 4.69) is 28.7 Å². The first-order valence-electron chi connectivity index (χ1n) is 10.5. The molecule has 2 aliphatic rings. The molecule has 8 nitrogen and oxygen atoms in total. The van der Waals surface area contributed by atoms with Crippen molar-refractivity contribution in [2.75, 3.05) is 31.1 Å². The fourth-order valence-electron chi connectivity index (χ4n) is 4.13. The third kappa shape index (κ3) is 4.70. The Balaban J connectivity index is 1.71. The number of likely N-dealkylation sites (N-methyl/N-ethyl adjacent to an activating group) is 1. The van der Waals surface area contributed by atoms with E-state index in [0.717, 1.165) is 51.0 Å². The molecule has 1 aromatic rings. The van der Waals surface area contributed by atoms with Crippen LogP contribution in [0.25, 0.3) is 0 Å². The zero-order valence-corrected chi connectivity index (χ0v) is 17.4.